The number of carbonyl (C=O) groups excluding carboxylic acids is 2. The summed E-state index contributed by atoms with van der Waals surface area (Å²) >= 11 is 1.46. The van der Waals surface area contributed by atoms with Crippen LogP contribution in [0.5, 0.6) is 0 Å². The quantitative estimate of drug-likeness (QED) is 0.786. The Hall–Kier alpha value is -1.24. The average molecular weight is 286 g/mol. The summed E-state index contributed by atoms with van der Waals surface area (Å²) in [5.41, 5.74) is 0. The summed E-state index contributed by atoms with van der Waals surface area (Å²) in [4.78, 5) is 38.0. The highest BCUT2D eigenvalue weighted by Gasteiger charge is 2.39. The third-order valence-electron chi connectivity index (χ3n) is 3.67. The number of rotatable bonds is 2. The molecule has 0 aromatic heterocycles. The number of hydrogen-bond donors (Lipinski definition) is 1. The Labute approximate surface area is 116 Å². The number of piperidine rings is 1. The van der Waals surface area contributed by atoms with Gasteiger partial charge in [-0.2, -0.15) is 0 Å². The van der Waals surface area contributed by atoms with Gasteiger partial charge in [0.25, 0.3) is 0 Å². The minimum absolute atomic E-state index is 0.0249. The Bertz CT molecular complexity index is 401. The summed E-state index contributed by atoms with van der Waals surface area (Å²) in [6.07, 6.45) is 1.53. The molecule has 2 aliphatic heterocycles. The number of hydrogen-bond acceptors (Lipinski definition) is 4. The number of carboxylic acids is 1. The van der Waals surface area contributed by atoms with Gasteiger partial charge in [-0.3, -0.25) is 9.59 Å². The molecule has 106 valence electrons. The van der Waals surface area contributed by atoms with E-state index in [1.54, 1.807) is 4.90 Å². The molecule has 0 saturated carbocycles. The first kappa shape index (κ1) is 14.2. The second-order valence-electron chi connectivity index (χ2n) is 4.97. The van der Waals surface area contributed by atoms with Crippen LogP contribution in [0, 0.1) is 5.92 Å². The molecular formula is C12H18N2O4S. The molecule has 6 nitrogen and oxygen atoms in total. The van der Waals surface area contributed by atoms with Crippen molar-refractivity contribution >= 4 is 29.5 Å². The van der Waals surface area contributed by atoms with E-state index in [1.165, 1.54) is 23.6 Å². The standard InChI is InChI=1S/C12H18N2O4S/c1-8(15)13-4-2-3-9(5-13)11(16)14-7-19-6-10(14)12(17)18/h9-10H,2-7H2,1H3,(H,17,18)/t9?,10-/m0/s1. The van der Waals surface area contributed by atoms with E-state index in [-0.39, 0.29) is 17.7 Å². The first-order valence-electron chi connectivity index (χ1n) is 6.37. The fourth-order valence-electron chi connectivity index (χ4n) is 2.56. The predicted molar refractivity (Wildman–Crippen MR) is 70.6 cm³/mol. The van der Waals surface area contributed by atoms with Gasteiger partial charge in [0.2, 0.25) is 11.8 Å². The first-order chi connectivity index (χ1) is 9.00. The molecule has 2 atom stereocenters. The molecule has 0 aliphatic carbocycles. The van der Waals surface area contributed by atoms with Crippen molar-refractivity contribution in [3.8, 4) is 0 Å². The molecule has 2 amide bonds. The molecule has 19 heavy (non-hydrogen) atoms. The van der Waals surface area contributed by atoms with Gasteiger partial charge in [-0.05, 0) is 12.8 Å². The fourth-order valence-corrected chi connectivity index (χ4v) is 3.72. The smallest absolute Gasteiger partial charge is 0.327 e. The van der Waals surface area contributed by atoms with Crippen molar-refractivity contribution in [1.82, 2.24) is 9.80 Å². The van der Waals surface area contributed by atoms with Gasteiger partial charge in [-0.1, -0.05) is 0 Å². The molecule has 2 saturated heterocycles. The van der Waals surface area contributed by atoms with E-state index < -0.39 is 12.0 Å². The SMILES string of the molecule is CC(=O)N1CCCC(C(=O)N2CSC[C@H]2C(=O)O)C1. The van der Waals surface area contributed by atoms with Gasteiger partial charge in [0, 0.05) is 25.8 Å². The Kier molecular flexibility index (Phi) is 4.34. The number of likely N-dealkylation sites (tertiary alicyclic amines) is 1. The topological polar surface area (TPSA) is 77.9 Å². The molecule has 2 fully saturated rings. The summed E-state index contributed by atoms with van der Waals surface area (Å²) in [6, 6.07) is -0.717. The predicted octanol–water partition coefficient (Wildman–Crippen LogP) is 0.231. The van der Waals surface area contributed by atoms with Gasteiger partial charge in [-0.15, -0.1) is 11.8 Å². The molecule has 1 unspecified atom stereocenters. The van der Waals surface area contributed by atoms with Crippen LogP contribution in [0.1, 0.15) is 19.8 Å². The monoisotopic (exact) mass is 286 g/mol. The molecule has 2 rings (SSSR count). The zero-order chi connectivity index (χ0) is 14.0. The Morgan fingerprint density at radius 3 is 2.68 bits per heavy atom. The van der Waals surface area contributed by atoms with Crippen molar-refractivity contribution in [3.05, 3.63) is 0 Å². The molecular weight excluding hydrogens is 268 g/mol. The maximum atomic E-state index is 12.4. The van der Waals surface area contributed by atoms with Gasteiger partial charge in [0.15, 0.2) is 0 Å². The summed E-state index contributed by atoms with van der Waals surface area (Å²) in [6.45, 7) is 2.61. The third kappa shape index (κ3) is 3.02. The molecule has 2 heterocycles. The molecule has 0 aromatic rings. The van der Waals surface area contributed by atoms with Crippen molar-refractivity contribution in [1.29, 1.82) is 0 Å². The maximum Gasteiger partial charge on any atom is 0.327 e. The van der Waals surface area contributed by atoms with E-state index in [9.17, 15) is 14.4 Å². The lowest BCUT2D eigenvalue weighted by molar-refractivity contribution is -0.151. The fraction of sp³-hybridized carbons (Fsp3) is 0.750. The van der Waals surface area contributed by atoms with Gasteiger partial charge < -0.3 is 14.9 Å². The molecule has 0 bridgehead atoms. The van der Waals surface area contributed by atoms with Crippen molar-refractivity contribution in [2.75, 3.05) is 24.7 Å². The van der Waals surface area contributed by atoms with Crippen molar-refractivity contribution in [2.24, 2.45) is 5.92 Å². The summed E-state index contributed by atoms with van der Waals surface area (Å²) < 4.78 is 0. The van der Waals surface area contributed by atoms with Crippen molar-refractivity contribution in [2.45, 2.75) is 25.8 Å². The van der Waals surface area contributed by atoms with Gasteiger partial charge >= 0.3 is 5.97 Å². The number of carbonyl (C=O) groups is 3. The highest BCUT2D eigenvalue weighted by molar-refractivity contribution is 7.99. The molecule has 1 N–H and O–H groups in total. The number of amides is 2. The molecule has 7 heteroatoms. The Balaban J connectivity index is 2.02. The summed E-state index contributed by atoms with van der Waals surface area (Å²) in [7, 11) is 0. The Morgan fingerprint density at radius 1 is 1.32 bits per heavy atom. The van der Waals surface area contributed by atoms with Gasteiger partial charge in [0.05, 0.1) is 11.8 Å². The van der Waals surface area contributed by atoms with Crippen LogP contribution in [0.4, 0.5) is 0 Å². The summed E-state index contributed by atoms with van der Waals surface area (Å²) in [5, 5.41) is 9.10. The number of nitrogens with zero attached hydrogens (tertiary/aromatic N) is 2. The van der Waals surface area contributed by atoms with E-state index >= 15 is 0 Å². The molecule has 0 radical (unpaired) electrons. The van der Waals surface area contributed by atoms with Crippen LogP contribution in [0.25, 0.3) is 0 Å². The number of thioether (sulfide) groups is 1. The molecule has 0 spiro atoms. The maximum absolute atomic E-state index is 12.4. The molecule has 0 aromatic carbocycles. The van der Waals surface area contributed by atoms with Crippen LogP contribution in [-0.4, -0.2) is 63.5 Å². The van der Waals surface area contributed by atoms with Gasteiger partial charge in [0.1, 0.15) is 6.04 Å². The second kappa shape index (κ2) is 5.81. The van der Waals surface area contributed by atoms with Gasteiger partial charge in [-0.25, -0.2) is 4.79 Å². The van der Waals surface area contributed by atoms with E-state index in [4.69, 9.17) is 5.11 Å². The minimum Gasteiger partial charge on any atom is -0.480 e. The largest absolute Gasteiger partial charge is 0.480 e. The lowest BCUT2D eigenvalue weighted by atomic mass is 9.96. The van der Waals surface area contributed by atoms with Crippen LogP contribution in [0.3, 0.4) is 0 Å². The van der Waals surface area contributed by atoms with E-state index in [0.717, 1.165) is 12.8 Å². The van der Waals surface area contributed by atoms with Crippen LogP contribution in [0.2, 0.25) is 0 Å². The highest BCUT2D eigenvalue weighted by Crippen LogP contribution is 2.26. The van der Waals surface area contributed by atoms with E-state index in [2.05, 4.69) is 0 Å². The van der Waals surface area contributed by atoms with Crippen LogP contribution >= 0.6 is 11.8 Å². The lowest BCUT2D eigenvalue weighted by Gasteiger charge is -2.34. The number of aliphatic carboxylic acids is 1. The zero-order valence-electron chi connectivity index (χ0n) is 10.9. The lowest BCUT2D eigenvalue weighted by Crippen LogP contribution is -2.49. The second-order valence-corrected chi connectivity index (χ2v) is 5.97. The summed E-state index contributed by atoms with van der Waals surface area (Å²) in [5.74, 6) is -0.460. The minimum atomic E-state index is -0.947. The van der Waals surface area contributed by atoms with Crippen LogP contribution in [0.15, 0.2) is 0 Å². The van der Waals surface area contributed by atoms with Crippen molar-refractivity contribution < 1.29 is 19.5 Å². The normalized spacial score (nSPS) is 27.4. The van der Waals surface area contributed by atoms with E-state index in [1.807, 2.05) is 0 Å². The van der Waals surface area contributed by atoms with Crippen molar-refractivity contribution in [3.63, 3.8) is 0 Å². The Morgan fingerprint density at radius 2 is 2.05 bits per heavy atom. The highest BCUT2D eigenvalue weighted by atomic mass is 32.2. The average Bonchev–Trinajstić information content (AvgIpc) is 2.87. The number of carboxylic acid groups (broad SMARTS) is 1. The van der Waals surface area contributed by atoms with Crippen LogP contribution in [-0.2, 0) is 14.4 Å². The van der Waals surface area contributed by atoms with Crippen LogP contribution < -0.4 is 0 Å². The zero-order valence-corrected chi connectivity index (χ0v) is 11.7. The first-order valence-corrected chi connectivity index (χ1v) is 7.52. The molecule has 2 aliphatic rings. The van der Waals surface area contributed by atoms with E-state index in [0.29, 0.717) is 24.7 Å². The third-order valence-corrected chi connectivity index (χ3v) is 4.68.